The summed E-state index contributed by atoms with van der Waals surface area (Å²) in [6.45, 7) is 7.58. The van der Waals surface area contributed by atoms with Crippen molar-refractivity contribution in [3.8, 4) is 11.1 Å². The molecule has 0 saturated heterocycles. The molecule has 0 radical (unpaired) electrons. The van der Waals surface area contributed by atoms with E-state index in [1.54, 1.807) is 37.3 Å². The molecule has 0 N–H and O–H groups in total. The van der Waals surface area contributed by atoms with Crippen LogP contribution in [-0.4, -0.2) is 0 Å². The maximum absolute atomic E-state index is 14.2. The van der Waals surface area contributed by atoms with Gasteiger partial charge in [0.2, 0.25) is 0 Å². The van der Waals surface area contributed by atoms with Crippen molar-refractivity contribution in [3.63, 3.8) is 0 Å². The Morgan fingerprint density at radius 2 is 1.58 bits per heavy atom. The van der Waals surface area contributed by atoms with Gasteiger partial charge in [0.25, 0.3) is 0 Å². The molecule has 0 spiro atoms. The summed E-state index contributed by atoms with van der Waals surface area (Å²) >= 11 is 0. The third kappa shape index (κ3) is 2.67. The highest BCUT2D eigenvalue weighted by Gasteiger charge is 2.21. The summed E-state index contributed by atoms with van der Waals surface area (Å²) in [6.07, 6.45) is 0. The molecule has 0 aliphatic heterocycles. The van der Waals surface area contributed by atoms with Crippen LogP contribution in [0.5, 0.6) is 0 Å². The first-order valence-electron chi connectivity index (χ1n) is 6.36. The van der Waals surface area contributed by atoms with Crippen molar-refractivity contribution in [2.45, 2.75) is 33.1 Å². The SMILES string of the molecule is Cc1cc(-c2ccccc2F)cc(C(C)(C)C)c1F. The second kappa shape index (κ2) is 4.76. The van der Waals surface area contributed by atoms with Crippen LogP contribution < -0.4 is 0 Å². The summed E-state index contributed by atoms with van der Waals surface area (Å²) in [6, 6.07) is 10.0. The van der Waals surface area contributed by atoms with Gasteiger partial charge in [-0.05, 0) is 47.2 Å². The fourth-order valence-electron chi connectivity index (χ4n) is 2.17. The van der Waals surface area contributed by atoms with Crippen LogP contribution >= 0.6 is 0 Å². The van der Waals surface area contributed by atoms with Gasteiger partial charge in [-0.1, -0.05) is 39.0 Å². The van der Waals surface area contributed by atoms with Gasteiger partial charge in [-0.25, -0.2) is 8.78 Å². The maximum Gasteiger partial charge on any atom is 0.131 e. The molecule has 0 bridgehead atoms. The second-order valence-electron chi connectivity index (χ2n) is 5.88. The van der Waals surface area contributed by atoms with E-state index in [1.807, 2.05) is 20.8 Å². The van der Waals surface area contributed by atoms with Crippen molar-refractivity contribution in [1.29, 1.82) is 0 Å². The summed E-state index contributed by atoms with van der Waals surface area (Å²) in [5.74, 6) is -0.485. The van der Waals surface area contributed by atoms with Crippen LogP contribution in [0, 0.1) is 18.6 Å². The second-order valence-corrected chi connectivity index (χ2v) is 5.88. The highest BCUT2D eigenvalue weighted by atomic mass is 19.1. The molecule has 0 amide bonds. The van der Waals surface area contributed by atoms with Crippen molar-refractivity contribution >= 4 is 0 Å². The molecule has 2 aromatic carbocycles. The maximum atomic E-state index is 14.2. The average molecular weight is 260 g/mol. The predicted molar refractivity (Wildman–Crippen MR) is 75.2 cm³/mol. The first-order valence-corrected chi connectivity index (χ1v) is 6.36. The van der Waals surface area contributed by atoms with E-state index in [9.17, 15) is 8.78 Å². The van der Waals surface area contributed by atoms with Crippen molar-refractivity contribution in [3.05, 3.63) is 59.2 Å². The molecule has 0 fully saturated rings. The van der Waals surface area contributed by atoms with Crippen LogP contribution in [-0.2, 0) is 5.41 Å². The molecule has 2 aromatic rings. The Hall–Kier alpha value is -1.70. The Kier molecular flexibility index (Phi) is 3.44. The number of hydrogen-bond donors (Lipinski definition) is 0. The summed E-state index contributed by atoms with van der Waals surface area (Å²) in [7, 11) is 0. The fraction of sp³-hybridized carbons (Fsp3) is 0.294. The molecule has 0 nitrogen and oxygen atoms in total. The van der Waals surface area contributed by atoms with Crippen LogP contribution in [0.4, 0.5) is 8.78 Å². The molecule has 2 heteroatoms. The topological polar surface area (TPSA) is 0 Å². The molecule has 0 atom stereocenters. The lowest BCUT2D eigenvalue weighted by Crippen LogP contribution is -2.14. The molecule has 0 unspecified atom stereocenters. The van der Waals surface area contributed by atoms with Gasteiger partial charge in [-0.2, -0.15) is 0 Å². The van der Waals surface area contributed by atoms with E-state index < -0.39 is 0 Å². The Morgan fingerprint density at radius 1 is 0.947 bits per heavy atom. The lowest BCUT2D eigenvalue weighted by Gasteiger charge is -2.22. The fourth-order valence-corrected chi connectivity index (χ4v) is 2.17. The molecule has 0 aromatic heterocycles. The number of rotatable bonds is 1. The van der Waals surface area contributed by atoms with Gasteiger partial charge < -0.3 is 0 Å². The van der Waals surface area contributed by atoms with Crippen molar-refractivity contribution < 1.29 is 8.78 Å². The highest BCUT2D eigenvalue weighted by Crippen LogP contribution is 2.32. The molecule has 100 valence electrons. The zero-order chi connectivity index (χ0) is 14.2. The van der Waals surface area contributed by atoms with Crippen LogP contribution in [0.1, 0.15) is 31.9 Å². The monoisotopic (exact) mass is 260 g/mol. The minimum atomic E-state index is -0.309. The molecule has 0 saturated carbocycles. The number of aryl methyl sites for hydroxylation is 1. The molecule has 2 rings (SSSR count). The predicted octanol–water partition coefficient (Wildman–Crippen LogP) is 5.24. The average Bonchev–Trinajstić information content (AvgIpc) is 2.31. The van der Waals surface area contributed by atoms with Gasteiger partial charge in [-0.15, -0.1) is 0 Å². The van der Waals surface area contributed by atoms with E-state index >= 15 is 0 Å². The molecule has 0 aliphatic rings. The molecule has 0 aliphatic carbocycles. The van der Waals surface area contributed by atoms with E-state index in [2.05, 4.69) is 0 Å². The first-order chi connectivity index (χ1) is 8.80. The largest absolute Gasteiger partial charge is 0.206 e. The van der Waals surface area contributed by atoms with E-state index in [0.29, 0.717) is 16.7 Å². The third-order valence-electron chi connectivity index (χ3n) is 3.25. The van der Waals surface area contributed by atoms with Crippen LogP contribution in [0.15, 0.2) is 36.4 Å². The smallest absolute Gasteiger partial charge is 0.131 e. The lowest BCUT2D eigenvalue weighted by molar-refractivity contribution is 0.518. The normalized spacial score (nSPS) is 11.7. The summed E-state index contributed by atoms with van der Waals surface area (Å²) < 4.78 is 28.0. The van der Waals surface area contributed by atoms with E-state index in [4.69, 9.17) is 0 Å². The number of hydrogen-bond acceptors (Lipinski definition) is 0. The Balaban J connectivity index is 2.68. The van der Waals surface area contributed by atoms with Crippen LogP contribution in [0.2, 0.25) is 0 Å². The van der Waals surface area contributed by atoms with E-state index in [-0.39, 0.29) is 17.0 Å². The van der Waals surface area contributed by atoms with E-state index in [1.165, 1.54) is 6.07 Å². The van der Waals surface area contributed by atoms with Crippen molar-refractivity contribution in [2.75, 3.05) is 0 Å². The Morgan fingerprint density at radius 3 is 2.16 bits per heavy atom. The zero-order valence-corrected chi connectivity index (χ0v) is 11.7. The Labute approximate surface area is 113 Å². The quantitative estimate of drug-likeness (QED) is 0.658. The van der Waals surface area contributed by atoms with Gasteiger partial charge in [-0.3, -0.25) is 0 Å². The van der Waals surface area contributed by atoms with Gasteiger partial charge in [0.05, 0.1) is 0 Å². The third-order valence-corrected chi connectivity index (χ3v) is 3.25. The van der Waals surface area contributed by atoms with Crippen LogP contribution in [0.3, 0.4) is 0 Å². The van der Waals surface area contributed by atoms with Gasteiger partial charge in [0, 0.05) is 5.56 Å². The van der Waals surface area contributed by atoms with Crippen molar-refractivity contribution in [1.82, 2.24) is 0 Å². The summed E-state index contributed by atoms with van der Waals surface area (Å²) in [5, 5.41) is 0. The lowest BCUT2D eigenvalue weighted by atomic mass is 9.83. The number of halogens is 2. The molecular weight excluding hydrogens is 242 g/mol. The first kappa shape index (κ1) is 13.7. The highest BCUT2D eigenvalue weighted by molar-refractivity contribution is 5.66. The molecule has 0 heterocycles. The van der Waals surface area contributed by atoms with Gasteiger partial charge >= 0.3 is 0 Å². The van der Waals surface area contributed by atoms with Crippen molar-refractivity contribution in [2.24, 2.45) is 0 Å². The standard InChI is InChI=1S/C17H18F2/c1-11-9-12(13-7-5-6-8-15(13)18)10-14(16(11)19)17(2,3)4/h5-10H,1-4H3. The zero-order valence-electron chi connectivity index (χ0n) is 11.7. The summed E-state index contributed by atoms with van der Waals surface area (Å²) in [4.78, 5) is 0. The minimum absolute atomic E-state index is 0.201. The molecular formula is C17H18F2. The van der Waals surface area contributed by atoms with Gasteiger partial charge in [0.15, 0.2) is 0 Å². The summed E-state index contributed by atoms with van der Waals surface area (Å²) in [5.41, 5.74) is 2.09. The Bertz CT molecular complexity index is 607. The van der Waals surface area contributed by atoms with E-state index in [0.717, 1.165) is 5.56 Å². The molecule has 19 heavy (non-hydrogen) atoms. The van der Waals surface area contributed by atoms with Gasteiger partial charge in [0.1, 0.15) is 11.6 Å². The minimum Gasteiger partial charge on any atom is -0.206 e. The van der Waals surface area contributed by atoms with Crippen LogP contribution in [0.25, 0.3) is 11.1 Å². The number of benzene rings is 2.